The molecule has 0 rings (SSSR count). The lowest BCUT2D eigenvalue weighted by Gasteiger charge is -2.24. The predicted molar refractivity (Wildman–Crippen MR) is 57.0 cm³/mol. The number of aliphatic hydroxyl groups excluding tert-OH is 3. The molecule has 3 N–H and O–H groups in total. The SMILES string of the molecule is C[N+](C)(C)CCO[PH](=O)C(O)C(O)CO. The van der Waals surface area contributed by atoms with Crippen molar-refractivity contribution in [3.8, 4) is 0 Å². The quantitative estimate of drug-likeness (QED) is 0.388. The van der Waals surface area contributed by atoms with Crippen LogP contribution in [0.1, 0.15) is 0 Å². The lowest BCUT2D eigenvalue weighted by atomic mass is 10.4. The first-order chi connectivity index (χ1) is 6.78. The van der Waals surface area contributed by atoms with Crippen molar-refractivity contribution in [2.75, 3.05) is 40.9 Å². The third-order valence-corrected chi connectivity index (χ3v) is 3.16. The van der Waals surface area contributed by atoms with Crippen molar-refractivity contribution < 1.29 is 28.9 Å². The summed E-state index contributed by atoms with van der Waals surface area (Å²) in [5.41, 5.74) is 0. The Morgan fingerprint density at radius 2 is 1.87 bits per heavy atom. The van der Waals surface area contributed by atoms with Crippen molar-refractivity contribution in [2.45, 2.75) is 11.9 Å². The van der Waals surface area contributed by atoms with Crippen LogP contribution in [0.4, 0.5) is 0 Å². The number of nitrogens with zero attached hydrogens (tertiary/aromatic N) is 1. The van der Waals surface area contributed by atoms with Crippen LogP contribution in [0.2, 0.25) is 0 Å². The molecule has 0 saturated carbocycles. The molecule has 0 heterocycles. The molecule has 0 fully saturated rings. The molecular formula is C8H21NO5P+. The maximum absolute atomic E-state index is 11.3. The van der Waals surface area contributed by atoms with Crippen LogP contribution in [0, 0.1) is 0 Å². The zero-order chi connectivity index (χ0) is 12.1. The molecule has 0 aliphatic heterocycles. The van der Waals surface area contributed by atoms with E-state index in [1.165, 1.54) is 0 Å². The molecule has 0 aromatic carbocycles. The minimum absolute atomic E-state index is 0.247. The second-order valence-electron chi connectivity index (χ2n) is 4.38. The van der Waals surface area contributed by atoms with Crippen molar-refractivity contribution in [1.29, 1.82) is 0 Å². The lowest BCUT2D eigenvalue weighted by molar-refractivity contribution is -0.870. The summed E-state index contributed by atoms with van der Waals surface area (Å²) < 4.78 is 16.8. The zero-order valence-corrected chi connectivity index (χ0v) is 10.4. The first kappa shape index (κ1) is 15.0. The fraction of sp³-hybridized carbons (Fsp3) is 1.00. The number of rotatable bonds is 7. The topological polar surface area (TPSA) is 87.0 Å². The van der Waals surface area contributed by atoms with Crippen molar-refractivity contribution in [2.24, 2.45) is 0 Å². The monoisotopic (exact) mass is 242 g/mol. The van der Waals surface area contributed by atoms with E-state index in [0.29, 0.717) is 11.0 Å². The third kappa shape index (κ3) is 7.00. The lowest BCUT2D eigenvalue weighted by Crippen LogP contribution is -2.37. The van der Waals surface area contributed by atoms with E-state index >= 15 is 0 Å². The maximum atomic E-state index is 11.3. The first-order valence-corrected chi connectivity index (χ1v) is 6.11. The van der Waals surface area contributed by atoms with Gasteiger partial charge in [0, 0.05) is 0 Å². The molecule has 0 bridgehead atoms. The largest absolute Gasteiger partial charge is 0.394 e. The van der Waals surface area contributed by atoms with Crippen LogP contribution in [0.5, 0.6) is 0 Å². The summed E-state index contributed by atoms with van der Waals surface area (Å²) in [5.74, 6) is -1.49. The summed E-state index contributed by atoms with van der Waals surface area (Å²) in [6, 6.07) is 0. The Morgan fingerprint density at radius 3 is 2.27 bits per heavy atom. The molecule has 92 valence electrons. The maximum Gasteiger partial charge on any atom is 0.222 e. The van der Waals surface area contributed by atoms with E-state index < -0.39 is 26.6 Å². The smallest absolute Gasteiger partial charge is 0.222 e. The minimum Gasteiger partial charge on any atom is -0.394 e. The van der Waals surface area contributed by atoms with Gasteiger partial charge in [-0.25, -0.2) is 0 Å². The summed E-state index contributed by atoms with van der Waals surface area (Å²) >= 11 is 0. The summed E-state index contributed by atoms with van der Waals surface area (Å²) in [6.07, 6.45) is -1.40. The number of likely N-dealkylation sites (N-methyl/N-ethyl adjacent to an activating group) is 1. The van der Waals surface area contributed by atoms with E-state index in [4.69, 9.17) is 14.7 Å². The molecule has 3 unspecified atom stereocenters. The highest BCUT2D eigenvalue weighted by Gasteiger charge is 2.22. The van der Waals surface area contributed by atoms with Gasteiger partial charge in [-0.05, 0) is 0 Å². The van der Waals surface area contributed by atoms with Gasteiger partial charge in [-0.3, -0.25) is 4.57 Å². The molecule has 0 aliphatic carbocycles. The van der Waals surface area contributed by atoms with Crippen LogP contribution < -0.4 is 0 Å². The molecule has 6 nitrogen and oxygen atoms in total. The molecular weight excluding hydrogens is 221 g/mol. The molecule has 0 saturated heterocycles. The van der Waals surface area contributed by atoms with E-state index in [2.05, 4.69) is 0 Å². The molecule has 0 aromatic heterocycles. The van der Waals surface area contributed by atoms with E-state index in [0.717, 1.165) is 0 Å². The van der Waals surface area contributed by atoms with Crippen molar-refractivity contribution in [3.05, 3.63) is 0 Å². The van der Waals surface area contributed by atoms with Crippen LogP contribution in [-0.2, 0) is 9.09 Å². The van der Waals surface area contributed by atoms with Gasteiger partial charge in [0.25, 0.3) is 0 Å². The second kappa shape index (κ2) is 6.58. The summed E-state index contributed by atoms with van der Waals surface area (Å²) in [6.45, 7) is 0.269. The third-order valence-electron chi connectivity index (χ3n) is 1.80. The minimum atomic E-state index is -2.72. The van der Waals surface area contributed by atoms with E-state index in [1.807, 2.05) is 21.1 Å². The Labute approximate surface area is 90.6 Å². The highest BCUT2D eigenvalue weighted by atomic mass is 31.1. The first-order valence-electron chi connectivity index (χ1n) is 4.72. The van der Waals surface area contributed by atoms with Crippen LogP contribution in [0.25, 0.3) is 0 Å². The van der Waals surface area contributed by atoms with Crippen molar-refractivity contribution in [3.63, 3.8) is 0 Å². The van der Waals surface area contributed by atoms with Crippen LogP contribution in [0.15, 0.2) is 0 Å². The Hall–Kier alpha value is 0.0300. The Balaban J connectivity index is 3.84. The van der Waals surface area contributed by atoms with Gasteiger partial charge in [-0.1, -0.05) is 0 Å². The van der Waals surface area contributed by atoms with E-state index in [1.54, 1.807) is 0 Å². The molecule has 3 atom stereocenters. The highest BCUT2D eigenvalue weighted by Crippen LogP contribution is 2.29. The van der Waals surface area contributed by atoms with Crippen LogP contribution in [-0.4, -0.2) is 72.7 Å². The molecule has 0 aliphatic rings. The Morgan fingerprint density at radius 1 is 1.33 bits per heavy atom. The number of quaternary nitrogens is 1. The highest BCUT2D eigenvalue weighted by molar-refractivity contribution is 7.39. The fourth-order valence-electron chi connectivity index (χ4n) is 0.762. The molecule has 7 heteroatoms. The number of hydrogen-bond acceptors (Lipinski definition) is 5. The Bertz CT molecular complexity index is 206. The molecule has 0 aromatic rings. The van der Waals surface area contributed by atoms with Crippen LogP contribution in [0.3, 0.4) is 0 Å². The van der Waals surface area contributed by atoms with Crippen molar-refractivity contribution in [1.82, 2.24) is 0 Å². The van der Waals surface area contributed by atoms with Crippen LogP contribution >= 0.6 is 8.03 Å². The molecule has 0 spiro atoms. The molecule has 0 amide bonds. The normalized spacial score (nSPS) is 18.5. The average molecular weight is 242 g/mol. The van der Waals surface area contributed by atoms with Gasteiger partial charge < -0.3 is 24.3 Å². The summed E-state index contributed by atoms with van der Waals surface area (Å²) in [7, 11) is 3.16. The predicted octanol–water partition coefficient (Wildman–Crippen LogP) is -1.14. The standard InChI is InChI=1S/C8H21NO5P/c1-9(2,3)4-5-14-15(13)8(12)7(11)6-10/h7-8,10-12,15H,4-6H2,1-3H3/q+1. The van der Waals surface area contributed by atoms with E-state index in [9.17, 15) is 9.67 Å². The van der Waals surface area contributed by atoms with Gasteiger partial charge in [0.2, 0.25) is 8.03 Å². The summed E-state index contributed by atoms with van der Waals surface area (Å²) in [4.78, 5) is 0. The van der Waals surface area contributed by atoms with Gasteiger partial charge in [0.15, 0.2) is 5.85 Å². The van der Waals surface area contributed by atoms with E-state index in [-0.39, 0.29) is 6.61 Å². The van der Waals surface area contributed by atoms with Gasteiger partial charge in [0.1, 0.15) is 19.3 Å². The number of hydrogen-bond donors (Lipinski definition) is 3. The van der Waals surface area contributed by atoms with Gasteiger partial charge in [-0.15, -0.1) is 0 Å². The number of aliphatic hydroxyl groups is 3. The molecule has 15 heavy (non-hydrogen) atoms. The van der Waals surface area contributed by atoms with Gasteiger partial charge in [-0.2, -0.15) is 0 Å². The second-order valence-corrected chi connectivity index (χ2v) is 5.89. The zero-order valence-electron chi connectivity index (χ0n) is 9.38. The Kier molecular flexibility index (Phi) is 6.59. The van der Waals surface area contributed by atoms with Gasteiger partial charge in [0.05, 0.1) is 27.7 Å². The fourth-order valence-corrected chi connectivity index (χ4v) is 1.65. The molecule has 0 radical (unpaired) electrons. The average Bonchev–Trinajstić information content (AvgIpc) is 2.13. The van der Waals surface area contributed by atoms with Crippen molar-refractivity contribution >= 4 is 8.03 Å². The summed E-state index contributed by atoms with van der Waals surface area (Å²) in [5, 5.41) is 26.7. The van der Waals surface area contributed by atoms with Gasteiger partial charge >= 0.3 is 0 Å².